The molecule has 0 aromatic rings. The van der Waals surface area contributed by atoms with Crippen molar-refractivity contribution in [2.75, 3.05) is 18.8 Å². The molecule has 1 N–H and O–H groups in total. The fourth-order valence-electron chi connectivity index (χ4n) is 1.65. The van der Waals surface area contributed by atoms with Gasteiger partial charge in [-0.1, -0.05) is 0 Å². The number of piperidine rings is 1. The zero-order valence-electron chi connectivity index (χ0n) is 8.50. The Hall–Kier alpha value is -0.160. The summed E-state index contributed by atoms with van der Waals surface area (Å²) >= 11 is 0. The first-order valence-electron chi connectivity index (χ1n) is 5.09. The van der Waals surface area contributed by atoms with Crippen LogP contribution in [0.3, 0.4) is 0 Å². The lowest BCUT2D eigenvalue weighted by molar-refractivity contribution is 0.352. The van der Waals surface area contributed by atoms with Crippen molar-refractivity contribution in [2.24, 2.45) is 0 Å². The highest BCUT2D eigenvalue weighted by Crippen LogP contribution is 2.15. The molecule has 3 nitrogen and oxygen atoms in total. The molecule has 1 heterocycles. The van der Waals surface area contributed by atoms with E-state index in [0.29, 0.717) is 12.8 Å². The largest absolute Gasteiger partial charge is 0.317 e. The van der Waals surface area contributed by atoms with Crippen LogP contribution in [0.1, 0.15) is 26.2 Å². The van der Waals surface area contributed by atoms with Gasteiger partial charge in [-0.25, -0.2) is 12.8 Å². The van der Waals surface area contributed by atoms with E-state index in [2.05, 4.69) is 5.32 Å². The summed E-state index contributed by atoms with van der Waals surface area (Å²) < 4.78 is 35.9. The average molecular weight is 223 g/mol. The molecule has 1 aliphatic heterocycles. The van der Waals surface area contributed by atoms with E-state index in [9.17, 15) is 12.8 Å². The fraction of sp³-hybridized carbons (Fsp3) is 1.00. The molecule has 0 radical (unpaired) electrons. The van der Waals surface area contributed by atoms with Crippen molar-refractivity contribution in [1.29, 1.82) is 0 Å². The van der Waals surface area contributed by atoms with Crippen LogP contribution in [0, 0.1) is 0 Å². The third kappa shape index (κ3) is 3.53. The molecule has 0 bridgehead atoms. The first-order valence-corrected chi connectivity index (χ1v) is 6.80. The lowest BCUT2D eigenvalue weighted by Crippen LogP contribution is -2.37. The van der Waals surface area contributed by atoms with Gasteiger partial charge in [0, 0.05) is 0 Å². The summed E-state index contributed by atoms with van der Waals surface area (Å²) in [6, 6.07) is 0. The van der Waals surface area contributed by atoms with Crippen LogP contribution in [0.4, 0.5) is 4.39 Å². The van der Waals surface area contributed by atoms with Crippen molar-refractivity contribution in [3.05, 3.63) is 0 Å². The van der Waals surface area contributed by atoms with E-state index >= 15 is 0 Å². The smallest absolute Gasteiger partial charge is 0.153 e. The molecule has 1 unspecified atom stereocenters. The molecular weight excluding hydrogens is 205 g/mol. The second-order valence-corrected chi connectivity index (χ2v) is 6.29. The van der Waals surface area contributed by atoms with E-state index < -0.39 is 16.0 Å². The molecule has 5 heteroatoms. The third-order valence-corrected chi connectivity index (χ3v) is 4.89. The molecule has 84 valence electrons. The first kappa shape index (κ1) is 11.9. The van der Waals surface area contributed by atoms with Gasteiger partial charge in [0.1, 0.15) is 0 Å². The van der Waals surface area contributed by atoms with Crippen LogP contribution in [-0.4, -0.2) is 38.7 Å². The average Bonchev–Trinajstić information content (AvgIpc) is 2.16. The maximum Gasteiger partial charge on any atom is 0.153 e. The molecule has 0 saturated carbocycles. The molecule has 1 rings (SSSR count). The monoisotopic (exact) mass is 223 g/mol. The summed E-state index contributed by atoms with van der Waals surface area (Å²) in [5.74, 6) is -0.00463. The lowest BCUT2D eigenvalue weighted by atomic mass is 10.2. The van der Waals surface area contributed by atoms with E-state index in [-0.39, 0.29) is 17.4 Å². The van der Waals surface area contributed by atoms with Gasteiger partial charge in [0.25, 0.3) is 0 Å². The van der Waals surface area contributed by atoms with E-state index in [4.69, 9.17) is 0 Å². The van der Waals surface area contributed by atoms with E-state index in [1.165, 1.54) is 6.92 Å². The predicted molar refractivity (Wildman–Crippen MR) is 54.9 cm³/mol. The summed E-state index contributed by atoms with van der Waals surface area (Å²) in [6.07, 6.45) is 0.449. The molecule has 1 fully saturated rings. The lowest BCUT2D eigenvalue weighted by Gasteiger charge is -2.22. The Morgan fingerprint density at radius 1 is 1.43 bits per heavy atom. The number of sulfone groups is 1. The molecule has 1 atom stereocenters. The Labute approximate surface area is 85.0 Å². The van der Waals surface area contributed by atoms with Crippen LogP contribution in [0.25, 0.3) is 0 Å². The van der Waals surface area contributed by atoms with Crippen molar-refractivity contribution in [1.82, 2.24) is 5.32 Å². The van der Waals surface area contributed by atoms with Crippen LogP contribution in [-0.2, 0) is 9.84 Å². The second kappa shape index (κ2) is 5.07. The Bertz CT molecular complexity index is 258. The van der Waals surface area contributed by atoms with E-state index in [0.717, 1.165) is 13.1 Å². The van der Waals surface area contributed by atoms with Crippen molar-refractivity contribution >= 4 is 9.84 Å². The summed E-state index contributed by atoms with van der Waals surface area (Å²) in [5, 5.41) is 2.87. The van der Waals surface area contributed by atoms with Gasteiger partial charge in [-0.3, -0.25) is 0 Å². The number of hydrogen-bond acceptors (Lipinski definition) is 3. The molecule has 0 spiro atoms. The van der Waals surface area contributed by atoms with Crippen LogP contribution >= 0.6 is 0 Å². The highest BCUT2D eigenvalue weighted by molar-refractivity contribution is 7.92. The third-order valence-electron chi connectivity index (χ3n) is 2.59. The van der Waals surface area contributed by atoms with Gasteiger partial charge in [-0.15, -0.1) is 0 Å². The van der Waals surface area contributed by atoms with E-state index in [1.54, 1.807) is 0 Å². The Kier molecular flexibility index (Phi) is 4.31. The second-order valence-electron chi connectivity index (χ2n) is 3.89. The predicted octanol–water partition coefficient (Wildman–Crippen LogP) is 0.901. The molecule has 1 aliphatic rings. The minimum absolute atomic E-state index is 0.00463. The summed E-state index contributed by atoms with van der Waals surface area (Å²) in [7, 11) is -3.06. The Morgan fingerprint density at radius 2 is 2.00 bits per heavy atom. The highest BCUT2D eigenvalue weighted by Gasteiger charge is 2.26. The Balaban J connectivity index is 2.46. The maximum atomic E-state index is 12.5. The number of nitrogens with one attached hydrogen (secondary N) is 1. The van der Waals surface area contributed by atoms with Gasteiger partial charge < -0.3 is 5.32 Å². The zero-order chi connectivity index (χ0) is 10.6. The fourth-order valence-corrected chi connectivity index (χ4v) is 3.59. The van der Waals surface area contributed by atoms with Crippen LogP contribution < -0.4 is 5.32 Å². The number of alkyl halides is 1. The molecule has 0 aromatic heterocycles. The normalized spacial score (nSPS) is 22.1. The summed E-state index contributed by atoms with van der Waals surface area (Å²) in [5.41, 5.74) is 0. The molecule has 0 aromatic carbocycles. The minimum Gasteiger partial charge on any atom is -0.317 e. The Morgan fingerprint density at radius 3 is 2.50 bits per heavy atom. The van der Waals surface area contributed by atoms with Crippen molar-refractivity contribution in [2.45, 2.75) is 37.6 Å². The summed E-state index contributed by atoms with van der Waals surface area (Å²) in [4.78, 5) is 0. The van der Waals surface area contributed by atoms with Gasteiger partial charge in [-0.2, -0.15) is 0 Å². The number of halogens is 1. The number of hydrogen-bond donors (Lipinski definition) is 1. The zero-order valence-corrected chi connectivity index (χ0v) is 9.32. The van der Waals surface area contributed by atoms with E-state index in [1.807, 2.05) is 0 Å². The minimum atomic E-state index is -3.06. The maximum absolute atomic E-state index is 12.5. The van der Waals surface area contributed by atoms with Gasteiger partial charge in [0.15, 0.2) is 9.84 Å². The van der Waals surface area contributed by atoms with Crippen molar-refractivity contribution in [3.8, 4) is 0 Å². The van der Waals surface area contributed by atoms with Crippen LogP contribution in [0.15, 0.2) is 0 Å². The molecule has 1 saturated heterocycles. The van der Waals surface area contributed by atoms with Crippen molar-refractivity contribution < 1.29 is 12.8 Å². The standard InChI is InChI=1S/C9H18FNO2S/c1-8(10)4-7-14(12,13)9-2-5-11-6-3-9/h8-9,11H,2-7H2,1H3. The molecule has 0 aliphatic carbocycles. The summed E-state index contributed by atoms with van der Waals surface area (Å²) in [6.45, 7) is 2.92. The molecule has 0 amide bonds. The SMILES string of the molecule is CC(F)CCS(=O)(=O)C1CCNCC1. The molecule has 14 heavy (non-hydrogen) atoms. The first-order chi connectivity index (χ1) is 6.52. The quantitative estimate of drug-likeness (QED) is 0.770. The van der Waals surface area contributed by atoms with Gasteiger partial charge >= 0.3 is 0 Å². The van der Waals surface area contributed by atoms with Crippen molar-refractivity contribution in [3.63, 3.8) is 0 Å². The van der Waals surface area contributed by atoms with Gasteiger partial charge in [-0.05, 0) is 39.3 Å². The van der Waals surface area contributed by atoms with Crippen LogP contribution in [0.5, 0.6) is 0 Å². The molecular formula is C9H18FNO2S. The topological polar surface area (TPSA) is 46.2 Å². The highest BCUT2D eigenvalue weighted by atomic mass is 32.2. The van der Waals surface area contributed by atoms with Gasteiger partial charge in [0.2, 0.25) is 0 Å². The van der Waals surface area contributed by atoms with Gasteiger partial charge in [0.05, 0.1) is 17.2 Å². The number of rotatable bonds is 4. The van der Waals surface area contributed by atoms with Crippen LogP contribution in [0.2, 0.25) is 0 Å².